The molecule has 0 radical (unpaired) electrons. The van der Waals surface area contributed by atoms with Gasteiger partial charge in [-0.1, -0.05) is 19.1 Å². The molecule has 3 nitrogen and oxygen atoms in total. The molecule has 0 saturated carbocycles. The van der Waals surface area contributed by atoms with Gasteiger partial charge in [-0.05, 0) is 38.1 Å². The molecule has 0 spiro atoms. The van der Waals surface area contributed by atoms with E-state index >= 15 is 0 Å². The molecule has 19 heavy (non-hydrogen) atoms. The van der Waals surface area contributed by atoms with Crippen molar-refractivity contribution < 1.29 is 4.39 Å². The van der Waals surface area contributed by atoms with Crippen LogP contribution < -0.4 is 5.32 Å². The first-order valence-corrected chi connectivity index (χ1v) is 6.55. The Labute approximate surface area is 113 Å². The number of benzene rings is 1. The average Bonchev–Trinajstić information content (AvgIpc) is 2.86. The molecule has 0 aliphatic carbocycles. The van der Waals surface area contributed by atoms with E-state index in [0.717, 1.165) is 30.2 Å². The summed E-state index contributed by atoms with van der Waals surface area (Å²) in [5, 5.41) is 3.26. The summed E-state index contributed by atoms with van der Waals surface area (Å²) in [7, 11) is 0. The molecule has 0 saturated heterocycles. The summed E-state index contributed by atoms with van der Waals surface area (Å²) in [6.07, 6.45) is 1.85. The molecule has 0 aliphatic heterocycles. The summed E-state index contributed by atoms with van der Waals surface area (Å²) in [6, 6.07) is 6.59. The van der Waals surface area contributed by atoms with Crippen LogP contribution in [0.15, 0.2) is 30.5 Å². The minimum atomic E-state index is -0.266. The summed E-state index contributed by atoms with van der Waals surface area (Å²) >= 11 is 0. The minimum Gasteiger partial charge on any atom is -0.344 e. The molecule has 0 bridgehead atoms. The van der Waals surface area contributed by atoms with Gasteiger partial charge in [0.05, 0.1) is 0 Å². The van der Waals surface area contributed by atoms with Gasteiger partial charge in [0.1, 0.15) is 11.6 Å². The maximum Gasteiger partial charge on any atom is 0.123 e. The Morgan fingerprint density at radius 1 is 1.26 bits per heavy atom. The zero-order valence-electron chi connectivity index (χ0n) is 11.6. The first-order valence-electron chi connectivity index (χ1n) is 6.55. The van der Waals surface area contributed by atoms with Crippen molar-refractivity contribution in [3.63, 3.8) is 0 Å². The molecular formula is C15H20FN3. The summed E-state index contributed by atoms with van der Waals surface area (Å²) in [4.78, 5) is 7.78. The third-order valence-electron chi connectivity index (χ3n) is 3.35. The fourth-order valence-electron chi connectivity index (χ4n) is 2.03. The zero-order valence-corrected chi connectivity index (χ0v) is 11.6. The van der Waals surface area contributed by atoms with Crippen LogP contribution in [0.25, 0.3) is 0 Å². The Hall–Kier alpha value is -1.68. The van der Waals surface area contributed by atoms with Gasteiger partial charge in [-0.25, -0.2) is 9.37 Å². The lowest BCUT2D eigenvalue weighted by atomic mass is 9.84. The van der Waals surface area contributed by atoms with Gasteiger partial charge in [-0.2, -0.15) is 0 Å². The van der Waals surface area contributed by atoms with E-state index in [0.29, 0.717) is 0 Å². The predicted molar refractivity (Wildman–Crippen MR) is 74.5 cm³/mol. The molecule has 0 amide bonds. The van der Waals surface area contributed by atoms with E-state index in [1.165, 1.54) is 12.1 Å². The van der Waals surface area contributed by atoms with Crippen LogP contribution in [0.1, 0.15) is 37.9 Å². The molecule has 0 atom stereocenters. The zero-order chi connectivity index (χ0) is 13.9. The van der Waals surface area contributed by atoms with E-state index in [9.17, 15) is 4.39 Å². The molecule has 1 heterocycles. The summed E-state index contributed by atoms with van der Waals surface area (Å²) in [5.41, 5.74) is 1.84. The lowest BCUT2D eigenvalue weighted by Gasteiger charge is -2.22. The van der Waals surface area contributed by atoms with Gasteiger partial charge in [0.2, 0.25) is 0 Å². The van der Waals surface area contributed by atoms with Gasteiger partial charge in [-0.3, -0.25) is 0 Å². The number of nitrogens with one attached hydrogen (secondary N) is 2. The van der Waals surface area contributed by atoms with Crippen molar-refractivity contribution in [3.05, 3.63) is 53.4 Å². The fourth-order valence-corrected chi connectivity index (χ4v) is 2.03. The van der Waals surface area contributed by atoms with Gasteiger partial charge in [0.25, 0.3) is 0 Å². The van der Waals surface area contributed by atoms with Crippen LogP contribution in [-0.2, 0) is 12.0 Å². The van der Waals surface area contributed by atoms with Gasteiger partial charge in [-0.15, -0.1) is 0 Å². The summed E-state index contributed by atoms with van der Waals surface area (Å²) < 4.78 is 13.0. The molecule has 0 aliphatic rings. The van der Waals surface area contributed by atoms with Crippen molar-refractivity contribution in [2.75, 3.05) is 6.54 Å². The third kappa shape index (κ3) is 3.01. The van der Waals surface area contributed by atoms with Gasteiger partial charge in [0, 0.05) is 23.9 Å². The molecule has 2 N–H and O–H groups in total. The van der Waals surface area contributed by atoms with E-state index in [2.05, 4.69) is 36.1 Å². The molecule has 4 heteroatoms. The largest absolute Gasteiger partial charge is 0.344 e. The average molecular weight is 261 g/mol. The molecule has 2 aromatic rings. The fraction of sp³-hybridized carbons (Fsp3) is 0.400. The number of aromatic nitrogens is 2. The quantitative estimate of drug-likeness (QED) is 0.868. The minimum absolute atomic E-state index is 0.216. The van der Waals surface area contributed by atoms with Crippen LogP contribution in [0.3, 0.4) is 0 Å². The first kappa shape index (κ1) is 13.7. The van der Waals surface area contributed by atoms with Crippen LogP contribution in [-0.4, -0.2) is 16.5 Å². The highest BCUT2D eigenvalue weighted by molar-refractivity contribution is 5.31. The molecule has 1 aromatic carbocycles. The third-order valence-corrected chi connectivity index (χ3v) is 3.35. The Kier molecular flexibility index (Phi) is 4.00. The van der Waals surface area contributed by atoms with Crippen LogP contribution in [0.2, 0.25) is 0 Å². The highest BCUT2D eigenvalue weighted by Gasteiger charge is 2.26. The van der Waals surface area contributed by atoms with Gasteiger partial charge < -0.3 is 10.3 Å². The van der Waals surface area contributed by atoms with Crippen molar-refractivity contribution in [2.45, 2.75) is 32.7 Å². The number of rotatable bonds is 5. The highest BCUT2D eigenvalue weighted by atomic mass is 19.1. The molecule has 2 rings (SSSR count). The van der Waals surface area contributed by atoms with Crippen LogP contribution in [0.4, 0.5) is 4.39 Å². The standard InChI is InChI=1S/C15H20FN3/c1-4-17-9-13-10-18-14(19-13)15(2,3)11-5-7-12(16)8-6-11/h5-8,10,17H,4,9H2,1-3H3,(H,18,19). The Morgan fingerprint density at radius 3 is 2.58 bits per heavy atom. The SMILES string of the molecule is CCNCc1cnc(C(C)(C)c2ccc(F)cc2)[nH]1. The number of H-pyrrole nitrogens is 1. The van der Waals surface area contributed by atoms with Crippen molar-refractivity contribution in [2.24, 2.45) is 0 Å². The van der Waals surface area contributed by atoms with Crippen molar-refractivity contribution >= 4 is 0 Å². The Balaban J connectivity index is 2.23. The van der Waals surface area contributed by atoms with Gasteiger partial charge >= 0.3 is 0 Å². The molecule has 102 valence electrons. The van der Waals surface area contributed by atoms with Crippen molar-refractivity contribution in [1.29, 1.82) is 0 Å². The maximum atomic E-state index is 13.0. The van der Waals surface area contributed by atoms with Gasteiger partial charge in [0.15, 0.2) is 0 Å². The van der Waals surface area contributed by atoms with E-state index in [-0.39, 0.29) is 11.2 Å². The number of halogens is 1. The second-order valence-corrected chi connectivity index (χ2v) is 5.17. The molecule has 0 unspecified atom stereocenters. The van der Waals surface area contributed by atoms with Crippen LogP contribution in [0, 0.1) is 5.82 Å². The Morgan fingerprint density at radius 2 is 1.95 bits per heavy atom. The monoisotopic (exact) mass is 261 g/mol. The number of aromatic amines is 1. The second kappa shape index (κ2) is 5.53. The van der Waals surface area contributed by atoms with E-state index in [1.807, 2.05) is 18.3 Å². The van der Waals surface area contributed by atoms with Crippen molar-refractivity contribution in [1.82, 2.24) is 15.3 Å². The molecule has 0 fully saturated rings. The smallest absolute Gasteiger partial charge is 0.123 e. The van der Waals surface area contributed by atoms with Crippen molar-refractivity contribution in [3.8, 4) is 0 Å². The molecule has 1 aromatic heterocycles. The van der Waals surface area contributed by atoms with E-state index < -0.39 is 0 Å². The lowest BCUT2D eigenvalue weighted by molar-refractivity contribution is 0.587. The summed E-state index contributed by atoms with van der Waals surface area (Å²) in [6.45, 7) is 7.94. The maximum absolute atomic E-state index is 13.0. The molecular weight excluding hydrogens is 241 g/mol. The van der Waals surface area contributed by atoms with Crippen LogP contribution >= 0.6 is 0 Å². The Bertz CT molecular complexity index is 529. The number of imidazole rings is 1. The first-order chi connectivity index (χ1) is 9.04. The lowest BCUT2D eigenvalue weighted by Crippen LogP contribution is -2.21. The number of hydrogen-bond donors (Lipinski definition) is 2. The second-order valence-electron chi connectivity index (χ2n) is 5.17. The van der Waals surface area contributed by atoms with Crippen LogP contribution in [0.5, 0.6) is 0 Å². The highest BCUT2D eigenvalue weighted by Crippen LogP contribution is 2.29. The number of nitrogens with zero attached hydrogens (tertiary/aromatic N) is 1. The predicted octanol–water partition coefficient (Wildman–Crippen LogP) is 2.98. The van der Waals surface area contributed by atoms with E-state index in [4.69, 9.17) is 0 Å². The number of hydrogen-bond acceptors (Lipinski definition) is 2. The summed E-state index contributed by atoms with van der Waals surface area (Å²) in [5.74, 6) is 0.679. The normalized spacial score (nSPS) is 11.8. The van der Waals surface area contributed by atoms with E-state index in [1.54, 1.807) is 0 Å². The topological polar surface area (TPSA) is 40.7 Å².